The van der Waals surface area contributed by atoms with Crippen molar-refractivity contribution >= 4 is 17.7 Å². The zero-order valence-electron chi connectivity index (χ0n) is 21.0. The van der Waals surface area contributed by atoms with E-state index < -0.39 is 0 Å². The van der Waals surface area contributed by atoms with Crippen molar-refractivity contribution in [2.45, 2.75) is 92.9 Å². The van der Waals surface area contributed by atoms with Crippen molar-refractivity contribution in [2.75, 3.05) is 26.7 Å². The number of carbonyl (C=O) groups excluding carboxylic acids is 1. The Morgan fingerprint density at radius 3 is 2.37 bits per heavy atom. The van der Waals surface area contributed by atoms with Gasteiger partial charge in [-0.2, -0.15) is 0 Å². The van der Waals surface area contributed by atoms with Crippen LogP contribution in [0.4, 0.5) is 0 Å². The summed E-state index contributed by atoms with van der Waals surface area (Å²) in [6, 6.07) is 0.184. The Labute approximate surface area is 213 Å². The Hall–Kier alpha value is -1.25. The van der Waals surface area contributed by atoms with Gasteiger partial charge in [-0.15, -0.1) is 11.8 Å². The standard InChI is InChI=1S/C27H41N3O4S/c1-30-9-7-16(8-10-30)15-33-27-25(35-21-5-3-2-4-6-21)24(34-29-27)26(32)28-22-17-11-19-13-18(22)14-20(12-17)23(19)31/h16-23,31H,2-15H2,1H3,(H,28,32). The Bertz CT molecular complexity index is 863. The highest BCUT2D eigenvalue weighted by molar-refractivity contribution is 8.00. The molecule has 1 aromatic rings. The van der Waals surface area contributed by atoms with Gasteiger partial charge in [0.25, 0.3) is 11.8 Å². The van der Waals surface area contributed by atoms with E-state index in [-0.39, 0.29) is 18.1 Å². The molecular formula is C27H41N3O4S. The number of likely N-dealkylation sites (tertiary alicyclic amines) is 1. The van der Waals surface area contributed by atoms with E-state index in [1.165, 1.54) is 32.1 Å². The fourth-order valence-corrected chi connectivity index (χ4v) is 9.03. The second kappa shape index (κ2) is 10.3. The predicted molar refractivity (Wildman–Crippen MR) is 135 cm³/mol. The van der Waals surface area contributed by atoms with Crippen molar-refractivity contribution in [3.05, 3.63) is 5.76 Å². The van der Waals surface area contributed by atoms with E-state index in [0.29, 0.717) is 53.1 Å². The number of piperidine rings is 1. The Balaban J connectivity index is 1.16. The molecule has 2 heterocycles. The summed E-state index contributed by atoms with van der Waals surface area (Å²) in [6.45, 7) is 2.84. The molecule has 1 saturated heterocycles. The molecule has 7 rings (SSSR count). The highest BCUT2D eigenvalue weighted by atomic mass is 32.2. The highest BCUT2D eigenvalue weighted by Crippen LogP contribution is 2.54. The minimum absolute atomic E-state index is 0.129. The lowest BCUT2D eigenvalue weighted by Crippen LogP contribution is -2.60. The smallest absolute Gasteiger partial charge is 0.291 e. The highest BCUT2D eigenvalue weighted by Gasteiger charge is 2.53. The third-order valence-corrected chi connectivity index (χ3v) is 11.1. The number of nitrogens with zero attached hydrogens (tertiary/aromatic N) is 2. The molecule has 2 N–H and O–H groups in total. The summed E-state index contributed by atoms with van der Waals surface area (Å²) in [5.41, 5.74) is 0. The number of rotatable bonds is 7. The topological polar surface area (TPSA) is 87.8 Å². The summed E-state index contributed by atoms with van der Waals surface area (Å²) < 4.78 is 11.9. The molecule has 5 saturated carbocycles. The lowest BCUT2D eigenvalue weighted by atomic mass is 9.53. The SMILES string of the molecule is CN1CCC(COc2noc(C(=O)NC3C4CC5CC3CC(C4)C5O)c2SC2CCCCC2)CC1. The van der Waals surface area contributed by atoms with Crippen LogP contribution < -0.4 is 10.1 Å². The van der Waals surface area contributed by atoms with E-state index in [9.17, 15) is 9.90 Å². The van der Waals surface area contributed by atoms with E-state index in [1.807, 2.05) is 0 Å². The molecule has 5 aliphatic carbocycles. The van der Waals surface area contributed by atoms with E-state index in [1.54, 1.807) is 11.8 Å². The number of nitrogens with one attached hydrogen (secondary N) is 1. The van der Waals surface area contributed by atoms with Gasteiger partial charge >= 0.3 is 0 Å². The summed E-state index contributed by atoms with van der Waals surface area (Å²) in [7, 11) is 2.17. The van der Waals surface area contributed by atoms with Gasteiger partial charge in [-0.1, -0.05) is 19.3 Å². The Morgan fingerprint density at radius 2 is 1.71 bits per heavy atom. The molecule has 1 amide bonds. The van der Waals surface area contributed by atoms with Crippen LogP contribution in [-0.4, -0.2) is 65.2 Å². The number of hydrogen-bond donors (Lipinski definition) is 2. The van der Waals surface area contributed by atoms with E-state index in [0.717, 1.165) is 56.5 Å². The third-order valence-electron chi connectivity index (χ3n) is 9.66. The van der Waals surface area contributed by atoms with Crippen LogP contribution in [0.3, 0.4) is 0 Å². The van der Waals surface area contributed by atoms with Crippen LogP contribution in [0, 0.1) is 29.6 Å². The molecule has 0 unspecified atom stereocenters. The van der Waals surface area contributed by atoms with Gasteiger partial charge in [-0.3, -0.25) is 4.79 Å². The lowest BCUT2D eigenvalue weighted by molar-refractivity contribution is -0.106. The molecular weight excluding hydrogens is 462 g/mol. The average Bonchev–Trinajstić information content (AvgIpc) is 3.25. The summed E-state index contributed by atoms with van der Waals surface area (Å²) in [5.74, 6) is 3.04. The van der Waals surface area contributed by atoms with Crippen molar-refractivity contribution in [1.82, 2.24) is 15.4 Å². The first-order valence-electron chi connectivity index (χ1n) is 14.0. The van der Waals surface area contributed by atoms with Crippen LogP contribution in [0.2, 0.25) is 0 Å². The van der Waals surface area contributed by atoms with Gasteiger partial charge in [0.05, 0.1) is 12.7 Å². The maximum atomic E-state index is 13.6. The maximum Gasteiger partial charge on any atom is 0.291 e. The van der Waals surface area contributed by atoms with Crippen molar-refractivity contribution in [3.8, 4) is 5.88 Å². The number of amides is 1. The number of ether oxygens (including phenoxy) is 1. The average molecular weight is 504 g/mol. The second-order valence-electron chi connectivity index (χ2n) is 12.1. The molecule has 0 atom stereocenters. The van der Waals surface area contributed by atoms with E-state index >= 15 is 0 Å². The first kappa shape index (κ1) is 24.1. The van der Waals surface area contributed by atoms with Crippen LogP contribution in [0.1, 0.15) is 81.2 Å². The minimum atomic E-state index is -0.136. The van der Waals surface area contributed by atoms with Crippen LogP contribution in [0.25, 0.3) is 0 Å². The van der Waals surface area contributed by atoms with Gasteiger partial charge in [0.1, 0.15) is 4.90 Å². The molecule has 194 valence electrons. The molecule has 4 bridgehead atoms. The first-order valence-corrected chi connectivity index (χ1v) is 14.9. The number of thioether (sulfide) groups is 1. The molecule has 0 spiro atoms. The van der Waals surface area contributed by atoms with Crippen LogP contribution in [0.15, 0.2) is 9.42 Å². The second-order valence-corrected chi connectivity index (χ2v) is 13.4. The number of aliphatic hydroxyl groups is 1. The predicted octanol–water partition coefficient (Wildman–Crippen LogP) is 4.35. The molecule has 35 heavy (non-hydrogen) atoms. The van der Waals surface area contributed by atoms with E-state index in [2.05, 4.69) is 22.4 Å². The monoisotopic (exact) mass is 503 g/mol. The molecule has 6 fully saturated rings. The Morgan fingerprint density at radius 1 is 1.06 bits per heavy atom. The van der Waals surface area contributed by atoms with Gasteiger partial charge in [-0.25, -0.2) is 0 Å². The number of aromatic nitrogens is 1. The molecule has 1 aromatic heterocycles. The zero-order valence-corrected chi connectivity index (χ0v) is 21.8. The van der Waals surface area contributed by atoms with Gasteiger partial charge in [0.15, 0.2) is 0 Å². The number of aliphatic hydroxyl groups excluding tert-OH is 1. The van der Waals surface area contributed by atoms with Crippen molar-refractivity contribution in [3.63, 3.8) is 0 Å². The quantitative estimate of drug-likeness (QED) is 0.572. The van der Waals surface area contributed by atoms with Crippen LogP contribution in [0.5, 0.6) is 5.88 Å². The van der Waals surface area contributed by atoms with E-state index in [4.69, 9.17) is 9.26 Å². The fraction of sp³-hybridized carbons (Fsp3) is 0.852. The van der Waals surface area contributed by atoms with Crippen molar-refractivity contribution in [1.29, 1.82) is 0 Å². The summed E-state index contributed by atoms with van der Waals surface area (Å²) >= 11 is 1.75. The third kappa shape index (κ3) is 4.99. The Kier molecular flexibility index (Phi) is 7.06. The normalized spacial score (nSPS) is 35.9. The van der Waals surface area contributed by atoms with Crippen LogP contribution in [-0.2, 0) is 0 Å². The largest absolute Gasteiger partial charge is 0.474 e. The molecule has 8 heteroatoms. The minimum Gasteiger partial charge on any atom is -0.474 e. The maximum absolute atomic E-state index is 13.6. The van der Waals surface area contributed by atoms with Gasteiger partial charge in [-0.05, 0) is 106 Å². The molecule has 0 aromatic carbocycles. The molecule has 1 aliphatic heterocycles. The van der Waals surface area contributed by atoms with Gasteiger partial charge in [0, 0.05) is 11.3 Å². The summed E-state index contributed by atoms with van der Waals surface area (Å²) in [4.78, 5) is 16.7. The lowest BCUT2D eigenvalue weighted by Gasteiger charge is -2.56. The summed E-state index contributed by atoms with van der Waals surface area (Å²) in [5, 5.41) is 18.6. The summed E-state index contributed by atoms with van der Waals surface area (Å²) in [6.07, 6.45) is 12.4. The number of hydrogen-bond acceptors (Lipinski definition) is 7. The number of carbonyl (C=O) groups is 1. The van der Waals surface area contributed by atoms with Crippen LogP contribution >= 0.6 is 11.8 Å². The molecule has 6 aliphatic rings. The first-order chi connectivity index (χ1) is 17.0. The zero-order chi connectivity index (χ0) is 23.9. The van der Waals surface area contributed by atoms with Crippen molar-refractivity contribution < 1.29 is 19.2 Å². The van der Waals surface area contributed by atoms with Gasteiger partial charge < -0.3 is 24.6 Å². The van der Waals surface area contributed by atoms with Gasteiger partial charge in [0.2, 0.25) is 5.76 Å². The molecule has 0 radical (unpaired) electrons. The molecule has 7 nitrogen and oxygen atoms in total. The van der Waals surface area contributed by atoms with Crippen molar-refractivity contribution in [2.24, 2.45) is 29.6 Å². The fourth-order valence-electron chi connectivity index (χ4n) is 7.69.